The summed E-state index contributed by atoms with van der Waals surface area (Å²) in [5.74, 6) is 0. The molecule has 0 saturated carbocycles. The first kappa shape index (κ1) is 14.4. The molecule has 0 aliphatic carbocycles. The van der Waals surface area contributed by atoms with Crippen molar-refractivity contribution in [2.75, 3.05) is 6.54 Å². The topological polar surface area (TPSA) is 84.5 Å². The minimum atomic E-state index is -0.651. The highest BCUT2D eigenvalue weighted by Gasteiger charge is 2.18. The lowest BCUT2D eigenvalue weighted by atomic mass is 10.2. The number of amides is 2. The van der Waals surface area contributed by atoms with Crippen molar-refractivity contribution in [1.82, 2.24) is 10.6 Å². The molecule has 0 aromatic rings. The zero-order chi connectivity index (χ0) is 12.6. The van der Waals surface area contributed by atoms with Gasteiger partial charge in [0.15, 0.2) is 0 Å². The Morgan fingerprint density at radius 2 is 2.00 bits per heavy atom. The van der Waals surface area contributed by atoms with Crippen LogP contribution in [0.25, 0.3) is 0 Å². The first-order valence-corrected chi connectivity index (χ1v) is 5.01. The second kappa shape index (κ2) is 6.81. The minimum Gasteiger partial charge on any atom is -0.444 e. The van der Waals surface area contributed by atoms with E-state index in [2.05, 4.69) is 10.6 Å². The van der Waals surface area contributed by atoms with Crippen LogP contribution in [0.4, 0.5) is 4.79 Å². The van der Waals surface area contributed by atoms with Gasteiger partial charge in [-0.15, -0.1) is 0 Å². The molecule has 0 aliphatic heterocycles. The summed E-state index contributed by atoms with van der Waals surface area (Å²) >= 11 is 0. The molecule has 0 rings (SSSR count). The maximum Gasteiger partial charge on any atom is 0.408 e. The Labute approximate surface area is 94.7 Å². The molecule has 0 fully saturated rings. The zero-order valence-electron chi connectivity index (χ0n) is 9.78. The molecule has 0 aromatic heterocycles. The number of ether oxygens (including phenoxy) is 1. The lowest BCUT2D eigenvalue weighted by Gasteiger charge is -2.21. The fourth-order valence-corrected chi connectivity index (χ4v) is 0.931. The Morgan fingerprint density at radius 3 is 2.44 bits per heavy atom. The number of aldehydes is 1. The van der Waals surface area contributed by atoms with Crippen LogP contribution < -0.4 is 10.6 Å². The van der Waals surface area contributed by atoms with E-state index in [0.717, 1.165) is 0 Å². The van der Waals surface area contributed by atoms with Crippen molar-refractivity contribution in [3.05, 3.63) is 0 Å². The number of rotatable bonds is 6. The first-order valence-electron chi connectivity index (χ1n) is 5.01. The van der Waals surface area contributed by atoms with E-state index in [-0.39, 0.29) is 0 Å². The van der Waals surface area contributed by atoms with Gasteiger partial charge in [0.25, 0.3) is 0 Å². The van der Waals surface area contributed by atoms with E-state index >= 15 is 0 Å². The average molecular weight is 230 g/mol. The van der Waals surface area contributed by atoms with Crippen molar-refractivity contribution in [2.24, 2.45) is 0 Å². The van der Waals surface area contributed by atoms with Crippen molar-refractivity contribution in [3.8, 4) is 0 Å². The predicted octanol–water partition coefficient (Wildman–Crippen LogP) is 0.215. The van der Waals surface area contributed by atoms with E-state index in [4.69, 9.17) is 4.74 Å². The van der Waals surface area contributed by atoms with Gasteiger partial charge in [0.05, 0.1) is 6.04 Å². The minimum absolute atomic E-state index is 0.322. The number of hydrogen-bond acceptors (Lipinski definition) is 4. The molecule has 0 aromatic carbocycles. The van der Waals surface area contributed by atoms with Gasteiger partial charge >= 0.3 is 6.09 Å². The molecule has 0 bridgehead atoms. The summed E-state index contributed by atoms with van der Waals surface area (Å²) < 4.78 is 4.98. The normalized spacial score (nSPS) is 12.4. The molecule has 2 amide bonds. The SMILES string of the molecule is CC(C)(C)OC(=O)NC(C=O)CCNC=O. The predicted molar refractivity (Wildman–Crippen MR) is 57.9 cm³/mol. The van der Waals surface area contributed by atoms with Crippen molar-refractivity contribution >= 4 is 18.8 Å². The Kier molecular flexibility index (Phi) is 6.14. The van der Waals surface area contributed by atoms with Crippen LogP contribution in [0, 0.1) is 0 Å². The fraction of sp³-hybridized carbons (Fsp3) is 0.700. The van der Waals surface area contributed by atoms with Crippen LogP contribution >= 0.6 is 0 Å². The molecule has 0 spiro atoms. The molecule has 0 heterocycles. The van der Waals surface area contributed by atoms with Gasteiger partial charge in [-0.3, -0.25) is 4.79 Å². The van der Waals surface area contributed by atoms with E-state index < -0.39 is 17.7 Å². The summed E-state index contributed by atoms with van der Waals surface area (Å²) in [5.41, 5.74) is -0.599. The summed E-state index contributed by atoms with van der Waals surface area (Å²) in [7, 11) is 0. The van der Waals surface area contributed by atoms with Crippen LogP contribution in [-0.4, -0.2) is 37.0 Å². The van der Waals surface area contributed by atoms with E-state index in [1.807, 2.05) is 0 Å². The zero-order valence-corrected chi connectivity index (χ0v) is 9.78. The van der Waals surface area contributed by atoms with Crippen LogP contribution in [0.5, 0.6) is 0 Å². The van der Waals surface area contributed by atoms with Gasteiger partial charge in [0.1, 0.15) is 11.9 Å². The van der Waals surface area contributed by atoms with Crippen LogP contribution in [0.15, 0.2) is 0 Å². The van der Waals surface area contributed by atoms with Gasteiger partial charge in [-0.1, -0.05) is 0 Å². The van der Waals surface area contributed by atoms with Gasteiger partial charge in [-0.2, -0.15) is 0 Å². The maximum absolute atomic E-state index is 11.3. The van der Waals surface area contributed by atoms with E-state index in [1.54, 1.807) is 20.8 Å². The van der Waals surface area contributed by atoms with Crippen LogP contribution in [-0.2, 0) is 14.3 Å². The molecule has 6 heteroatoms. The number of hydrogen-bond donors (Lipinski definition) is 2. The van der Waals surface area contributed by atoms with E-state index in [1.165, 1.54) is 0 Å². The lowest BCUT2D eigenvalue weighted by molar-refractivity contribution is -0.111. The molecule has 1 atom stereocenters. The van der Waals surface area contributed by atoms with Crippen LogP contribution in [0.1, 0.15) is 27.2 Å². The van der Waals surface area contributed by atoms with Crippen molar-refractivity contribution < 1.29 is 19.1 Å². The number of carbonyl (C=O) groups excluding carboxylic acids is 3. The molecular formula is C10H18N2O4. The van der Waals surface area contributed by atoms with E-state index in [9.17, 15) is 14.4 Å². The fourth-order valence-electron chi connectivity index (χ4n) is 0.931. The Bertz CT molecular complexity index is 248. The van der Waals surface area contributed by atoms with Gasteiger partial charge in [-0.05, 0) is 27.2 Å². The third-order valence-corrected chi connectivity index (χ3v) is 1.55. The second-order valence-electron chi connectivity index (χ2n) is 4.25. The summed E-state index contributed by atoms with van der Waals surface area (Å²) in [5, 5.41) is 4.80. The molecule has 92 valence electrons. The summed E-state index contributed by atoms with van der Waals surface area (Å²) in [4.78, 5) is 31.9. The van der Waals surface area contributed by atoms with Crippen LogP contribution in [0.2, 0.25) is 0 Å². The molecule has 2 N–H and O–H groups in total. The van der Waals surface area contributed by atoms with Gasteiger partial charge < -0.3 is 20.2 Å². The standard InChI is InChI=1S/C10H18N2O4/c1-10(2,3)16-9(15)12-8(6-13)4-5-11-7-14/h6-8H,4-5H2,1-3H3,(H,11,14)(H,12,15). The lowest BCUT2D eigenvalue weighted by Crippen LogP contribution is -2.41. The second-order valence-corrected chi connectivity index (χ2v) is 4.25. The molecular weight excluding hydrogens is 212 g/mol. The molecule has 16 heavy (non-hydrogen) atoms. The summed E-state index contributed by atoms with van der Waals surface area (Å²) in [6.07, 6.45) is 0.837. The number of alkyl carbamates (subject to hydrolysis) is 1. The quantitative estimate of drug-likeness (QED) is 0.505. The summed E-state index contributed by atoms with van der Waals surface area (Å²) in [6, 6.07) is -0.651. The largest absolute Gasteiger partial charge is 0.444 e. The molecule has 0 aliphatic rings. The van der Waals surface area contributed by atoms with E-state index in [0.29, 0.717) is 25.7 Å². The third-order valence-electron chi connectivity index (χ3n) is 1.55. The highest BCUT2D eigenvalue weighted by atomic mass is 16.6. The van der Waals surface area contributed by atoms with Gasteiger partial charge in [0.2, 0.25) is 6.41 Å². The highest BCUT2D eigenvalue weighted by Crippen LogP contribution is 2.06. The highest BCUT2D eigenvalue weighted by molar-refractivity contribution is 5.73. The maximum atomic E-state index is 11.3. The molecule has 1 unspecified atom stereocenters. The van der Waals surface area contributed by atoms with Crippen molar-refractivity contribution in [3.63, 3.8) is 0 Å². The molecule has 0 saturated heterocycles. The smallest absolute Gasteiger partial charge is 0.408 e. The Balaban J connectivity index is 3.97. The molecule has 6 nitrogen and oxygen atoms in total. The van der Waals surface area contributed by atoms with Crippen LogP contribution in [0.3, 0.4) is 0 Å². The number of carbonyl (C=O) groups is 3. The monoisotopic (exact) mass is 230 g/mol. The molecule has 0 radical (unpaired) electrons. The van der Waals surface area contributed by atoms with Crippen molar-refractivity contribution in [1.29, 1.82) is 0 Å². The van der Waals surface area contributed by atoms with Gasteiger partial charge in [0, 0.05) is 6.54 Å². The summed E-state index contributed by atoms with van der Waals surface area (Å²) in [6.45, 7) is 5.52. The third kappa shape index (κ3) is 7.78. The Hall–Kier alpha value is -1.59. The first-order chi connectivity index (χ1) is 7.39. The number of nitrogens with one attached hydrogen (secondary N) is 2. The van der Waals surface area contributed by atoms with Crippen molar-refractivity contribution in [2.45, 2.75) is 38.8 Å². The average Bonchev–Trinajstić information content (AvgIpc) is 2.13. The van der Waals surface area contributed by atoms with Gasteiger partial charge in [-0.25, -0.2) is 4.79 Å². The Morgan fingerprint density at radius 1 is 1.38 bits per heavy atom.